The van der Waals surface area contributed by atoms with Crippen molar-refractivity contribution < 1.29 is 5.11 Å². The summed E-state index contributed by atoms with van der Waals surface area (Å²) in [5, 5.41) is 9.66. The van der Waals surface area contributed by atoms with Crippen molar-refractivity contribution in [3.05, 3.63) is 64.7 Å². The fourth-order valence-electron chi connectivity index (χ4n) is 1.34. The molecular weight excluding hydrogens is 232 g/mol. The largest absolute Gasteiger partial charge is 0.508 e. The summed E-state index contributed by atoms with van der Waals surface area (Å²) >= 11 is 5.64. The van der Waals surface area contributed by atoms with Crippen molar-refractivity contribution in [2.24, 2.45) is 0 Å². The molecule has 2 rings (SSSR count). The zero-order valence-corrected chi connectivity index (χ0v) is 10.9. The third-order valence-electron chi connectivity index (χ3n) is 2.32. The summed E-state index contributed by atoms with van der Waals surface area (Å²) in [6.07, 6.45) is 1.03. The molecule has 0 amide bonds. The second-order valence-corrected chi connectivity index (χ2v) is 4.26. The van der Waals surface area contributed by atoms with Gasteiger partial charge in [0.25, 0.3) is 0 Å². The van der Waals surface area contributed by atoms with E-state index in [2.05, 4.69) is 6.92 Å². The topological polar surface area (TPSA) is 20.2 Å². The maximum absolute atomic E-state index is 8.85. The number of phenolic OH excluding ortho intramolecular Hbond substituents is 1. The summed E-state index contributed by atoms with van der Waals surface area (Å²) in [6.45, 7) is 4.11. The minimum Gasteiger partial charge on any atom is -0.508 e. The van der Waals surface area contributed by atoms with Crippen LogP contribution >= 0.6 is 11.6 Å². The van der Waals surface area contributed by atoms with Gasteiger partial charge in [0, 0.05) is 5.02 Å². The minimum atomic E-state index is 0.340. The summed E-state index contributed by atoms with van der Waals surface area (Å²) < 4.78 is 0. The average Bonchev–Trinajstić information content (AvgIpc) is 2.30. The number of aryl methyl sites for hydroxylation is 2. The van der Waals surface area contributed by atoms with Gasteiger partial charge < -0.3 is 5.11 Å². The molecule has 0 aliphatic carbocycles. The van der Waals surface area contributed by atoms with Gasteiger partial charge in [-0.2, -0.15) is 0 Å². The minimum absolute atomic E-state index is 0.340. The van der Waals surface area contributed by atoms with E-state index >= 15 is 0 Å². The Morgan fingerprint density at radius 2 is 1.71 bits per heavy atom. The fraction of sp³-hybridized carbons (Fsp3) is 0.200. The molecule has 90 valence electrons. The van der Waals surface area contributed by atoms with Crippen LogP contribution in [-0.2, 0) is 6.42 Å². The van der Waals surface area contributed by atoms with Gasteiger partial charge in [0.15, 0.2) is 0 Å². The normalized spacial score (nSPS) is 9.35. The lowest BCUT2D eigenvalue weighted by atomic mass is 10.2. The van der Waals surface area contributed by atoms with Crippen molar-refractivity contribution >= 4 is 11.6 Å². The molecule has 0 heterocycles. The van der Waals surface area contributed by atoms with E-state index in [0.717, 1.165) is 11.4 Å². The third kappa shape index (κ3) is 5.41. The van der Waals surface area contributed by atoms with Crippen molar-refractivity contribution in [3.8, 4) is 5.75 Å². The number of rotatable bonds is 1. The van der Waals surface area contributed by atoms with Crippen LogP contribution in [0.2, 0.25) is 5.02 Å². The monoisotopic (exact) mass is 248 g/mol. The Balaban J connectivity index is 0.000000171. The maximum Gasteiger partial charge on any atom is 0.115 e. The first-order valence-electron chi connectivity index (χ1n) is 5.62. The van der Waals surface area contributed by atoms with Crippen LogP contribution in [0.3, 0.4) is 0 Å². The molecule has 0 aliphatic heterocycles. The molecule has 0 aromatic heterocycles. The van der Waals surface area contributed by atoms with Crippen molar-refractivity contribution in [3.63, 3.8) is 0 Å². The number of hydrogen-bond acceptors (Lipinski definition) is 1. The van der Waals surface area contributed by atoms with Gasteiger partial charge >= 0.3 is 0 Å². The number of halogens is 1. The van der Waals surface area contributed by atoms with E-state index in [4.69, 9.17) is 16.7 Å². The van der Waals surface area contributed by atoms with E-state index in [0.29, 0.717) is 5.75 Å². The Bertz CT molecular complexity index is 431. The van der Waals surface area contributed by atoms with E-state index in [1.54, 1.807) is 12.1 Å². The lowest BCUT2D eigenvalue weighted by molar-refractivity contribution is 0.475. The molecule has 0 saturated heterocycles. The van der Waals surface area contributed by atoms with Crippen LogP contribution < -0.4 is 0 Å². The molecule has 2 aromatic rings. The quantitative estimate of drug-likeness (QED) is 0.782. The summed E-state index contributed by atoms with van der Waals surface area (Å²) in [5.41, 5.74) is 2.46. The highest BCUT2D eigenvalue weighted by atomic mass is 35.5. The lowest BCUT2D eigenvalue weighted by Gasteiger charge is -1.93. The summed E-state index contributed by atoms with van der Waals surface area (Å²) in [6, 6.07) is 15.0. The van der Waals surface area contributed by atoms with Gasteiger partial charge in [-0.15, -0.1) is 0 Å². The SMILES string of the molecule is CCc1ccc(O)cc1.Cc1cccc(Cl)c1. The van der Waals surface area contributed by atoms with Crippen LogP contribution in [0.4, 0.5) is 0 Å². The Labute approximate surface area is 108 Å². The molecule has 0 atom stereocenters. The van der Waals surface area contributed by atoms with Crippen molar-refractivity contribution in [2.45, 2.75) is 20.3 Å². The summed E-state index contributed by atoms with van der Waals surface area (Å²) in [4.78, 5) is 0. The van der Waals surface area contributed by atoms with Crippen LogP contribution in [-0.4, -0.2) is 5.11 Å². The van der Waals surface area contributed by atoms with E-state index in [1.807, 2.05) is 43.3 Å². The maximum atomic E-state index is 8.85. The fourth-order valence-corrected chi connectivity index (χ4v) is 1.58. The van der Waals surface area contributed by atoms with Gasteiger partial charge in [0.2, 0.25) is 0 Å². The average molecular weight is 249 g/mol. The van der Waals surface area contributed by atoms with Crippen molar-refractivity contribution in [1.29, 1.82) is 0 Å². The number of aromatic hydroxyl groups is 1. The van der Waals surface area contributed by atoms with Gasteiger partial charge in [0.1, 0.15) is 5.75 Å². The molecule has 0 spiro atoms. The van der Waals surface area contributed by atoms with Gasteiger partial charge in [-0.1, -0.05) is 42.8 Å². The van der Waals surface area contributed by atoms with Gasteiger partial charge in [-0.05, 0) is 48.7 Å². The zero-order valence-electron chi connectivity index (χ0n) is 10.2. The van der Waals surface area contributed by atoms with Gasteiger partial charge in [0.05, 0.1) is 0 Å². The standard InChI is InChI=1S/C8H10O.C7H7Cl/c1-2-7-3-5-8(9)6-4-7;1-6-3-2-4-7(8)5-6/h3-6,9H,2H2,1H3;2-5H,1H3. The second kappa shape index (κ2) is 6.97. The molecule has 2 aromatic carbocycles. The Hall–Kier alpha value is -1.47. The van der Waals surface area contributed by atoms with Gasteiger partial charge in [-0.3, -0.25) is 0 Å². The highest BCUT2D eigenvalue weighted by Crippen LogP contribution is 2.09. The molecule has 0 bridgehead atoms. The molecular formula is C15H17ClO. The second-order valence-electron chi connectivity index (χ2n) is 3.82. The smallest absolute Gasteiger partial charge is 0.115 e. The molecule has 0 unspecified atom stereocenters. The number of hydrogen-bond donors (Lipinski definition) is 1. The highest BCUT2D eigenvalue weighted by Gasteiger charge is 1.86. The number of benzene rings is 2. The lowest BCUT2D eigenvalue weighted by Crippen LogP contribution is -1.75. The molecule has 17 heavy (non-hydrogen) atoms. The molecule has 0 radical (unpaired) electrons. The van der Waals surface area contributed by atoms with E-state index in [9.17, 15) is 0 Å². The molecule has 0 saturated carbocycles. The zero-order chi connectivity index (χ0) is 12.7. The summed E-state index contributed by atoms with van der Waals surface area (Å²) in [7, 11) is 0. The summed E-state index contributed by atoms with van der Waals surface area (Å²) in [5.74, 6) is 0.340. The predicted octanol–water partition coefficient (Wildman–Crippen LogP) is 4.60. The molecule has 0 fully saturated rings. The number of phenols is 1. The Morgan fingerprint density at radius 3 is 2.12 bits per heavy atom. The molecule has 1 N–H and O–H groups in total. The van der Waals surface area contributed by atoms with Crippen LogP contribution in [0, 0.1) is 6.92 Å². The third-order valence-corrected chi connectivity index (χ3v) is 2.56. The van der Waals surface area contributed by atoms with E-state index < -0.39 is 0 Å². The van der Waals surface area contributed by atoms with Crippen LogP contribution in [0.5, 0.6) is 5.75 Å². The Kier molecular flexibility index (Phi) is 5.58. The van der Waals surface area contributed by atoms with Gasteiger partial charge in [-0.25, -0.2) is 0 Å². The first-order valence-corrected chi connectivity index (χ1v) is 5.99. The first kappa shape index (κ1) is 13.6. The van der Waals surface area contributed by atoms with Crippen LogP contribution in [0.15, 0.2) is 48.5 Å². The Morgan fingerprint density at radius 1 is 1.06 bits per heavy atom. The molecule has 2 heteroatoms. The van der Waals surface area contributed by atoms with Crippen LogP contribution in [0.1, 0.15) is 18.1 Å². The highest BCUT2D eigenvalue weighted by molar-refractivity contribution is 6.30. The van der Waals surface area contributed by atoms with Crippen molar-refractivity contribution in [1.82, 2.24) is 0 Å². The van der Waals surface area contributed by atoms with Crippen molar-refractivity contribution in [2.75, 3.05) is 0 Å². The van der Waals surface area contributed by atoms with E-state index in [1.165, 1.54) is 11.1 Å². The predicted molar refractivity (Wildman–Crippen MR) is 73.7 cm³/mol. The first-order chi connectivity index (χ1) is 8.11. The molecule has 0 aliphatic rings. The van der Waals surface area contributed by atoms with E-state index in [-0.39, 0.29) is 0 Å². The van der Waals surface area contributed by atoms with Crippen LogP contribution in [0.25, 0.3) is 0 Å². The molecule has 1 nitrogen and oxygen atoms in total.